The standard InChI is InChI=1S/C14H28N2O2/c1-5-7-15-13-9-18-8-11(13)14(17)16-12(6-2)10(3)4/h10-13,15H,5-9H2,1-4H3,(H,16,17). The molecule has 4 nitrogen and oxygen atoms in total. The fraction of sp³-hybridized carbons (Fsp3) is 0.929. The average Bonchev–Trinajstić information content (AvgIpc) is 2.80. The molecule has 1 heterocycles. The Hall–Kier alpha value is -0.610. The first kappa shape index (κ1) is 15.4. The van der Waals surface area contributed by atoms with Crippen molar-refractivity contribution in [3.8, 4) is 0 Å². The van der Waals surface area contributed by atoms with Crippen molar-refractivity contribution >= 4 is 5.91 Å². The van der Waals surface area contributed by atoms with Gasteiger partial charge in [0.2, 0.25) is 5.91 Å². The monoisotopic (exact) mass is 256 g/mol. The maximum Gasteiger partial charge on any atom is 0.227 e. The fourth-order valence-electron chi connectivity index (χ4n) is 2.37. The molecule has 0 aromatic carbocycles. The Morgan fingerprint density at radius 2 is 2.06 bits per heavy atom. The number of carbonyl (C=O) groups excluding carboxylic acids is 1. The van der Waals surface area contributed by atoms with E-state index in [-0.39, 0.29) is 23.9 Å². The van der Waals surface area contributed by atoms with Gasteiger partial charge >= 0.3 is 0 Å². The third kappa shape index (κ3) is 4.25. The summed E-state index contributed by atoms with van der Waals surface area (Å²) >= 11 is 0. The van der Waals surface area contributed by atoms with Gasteiger partial charge in [-0.1, -0.05) is 27.7 Å². The van der Waals surface area contributed by atoms with Crippen molar-refractivity contribution in [1.29, 1.82) is 0 Å². The maximum absolute atomic E-state index is 12.3. The Morgan fingerprint density at radius 3 is 2.61 bits per heavy atom. The van der Waals surface area contributed by atoms with Crippen molar-refractivity contribution in [3.63, 3.8) is 0 Å². The molecule has 0 bridgehead atoms. The van der Waals surface area contributed by atoms with E-state index in [0.717, 1.165) is 19.4 Å². The number of nitrogens with one attached hydrogen (secondary N) is 2. The number of amides is 1. The predicted octanol–water partition coefficient (Wildman–Crippen LogP) is 1.55. The number of rotatable bonds is 7. The molecule has 0 saturated carbocycles. The molecule has 0 aromatic heterocycles. The van der Waals surface area contributed by atoms with E-state index in [2.05, 4.69) is 38.3 Å². The Balaban J connectivity index is 2.48. The van der Waals surface area contributed by atoms with Crippen molar-refractivity contribution in [2.75, 3.05) is 19.8 Å². The van der Waals surface area contributed by atoms with Crippen LogP contribution in [0.25, 0.3) is 0 Å². The molecular formula is C14H28N2O2. The lowest BCUT2D eigenvalue weighted by Gasteiger charge is -2.24. The fourth-order valence-corrected chi connectivity index (χ4v) is 2.37. The van der Waals surface area contributed by atoms with Gasteiger partial charge in [-0.2, -0.15) is 0 Å². The van der Waals surface area contributed by atoms with E-state index in [1.54, 1.807) is 0 Å². The van der Waals surface area contributed by atoms with Gasteiger partial charge in [0.05, 0.1) is 19.1 Å². The molecule has 1 aliphatic heterocycles. The Kier molecular flexibility index (Phi) is 6.65. The van der Waals surface area contributed by atoms with Crippen LogP contribution in [-0.2, 0) is 9.53 Å². The van der Waals surface area contributed by atoms with Gasteiger partial charge in [0.1, 0.15) is 0 Å². The van der Waals surface area contributed by atoms with Crippen LogP contribution in [0.3, 0.4) is 0 Å². The summed E-state index contributed by atoms with van der Waals surface area (Å²) in [5, 5.41) is 6.55. The van der Waals surface area contributed by atoms with Gasteiger partial charge in [-0.3, -0.25) is 4.79 Å². The molecule has 1 saturated heterocycles. The molecule has 0 spiro atoms. The number of hydrogen-bond donors (Lipinski definition) is 2. The van der Waals surface area contributed by atoms with Crippen LogP contribution in [0.15, 0.2) is 0 Å². The summed E-state index contributed by atoms with van der Waals surface area (Å²) < 4.78 is 5.44. The van der Waals surface area contributed by atoms with Crippen molar-refractivity contribution in [2.24, 2.45) is 11.8 Å². The van der Waals surface area contributed by atoms with Crippen molar-refractivity contribution in [1.82, 2.24) is 10.6 Å². The van der Waals surface area contributed by atoms with E-state index >= 15 is 0 Å². The topological polar surface area (TPSA) is 50.4 Å². The van der Waals surface area contributed by atoms with Crippen LogP contribution in [0.5, 0.6) is 0 Å². The molecule has 4 heteroatoms. The molecule has 106 valence electrons. The lowest BCUT2D eigenvalue weighted by atomic mass is 9.98. The van der Waals surface area contributed by atoms with Crippen LogP contribution < -0.4 is 10.6 Å². The van der Waals surface area contributed by atoms with Gasteiger partial charge in [0.15, 0.2) is 0 Å². The molecule has 3 atom stereocenters. The second-order valence-electron chi connectivity index (χ2n) is 5.47. The highest BCUT2D eigenvalue weighted by Gasteiger charge is 2.34. The van der Waals surface area contributed by atoms with Crippen LogP contribution in [0.1, 0.15) is 40.5 Å². The van der Waals surface area contributed by atoms with E-state index in [1.807, 2.05) is 0 Å². The highest BCUT2D eigenvalue weighted by Crippen LogP contribution is 2.15. The maximum atomic E-state index is 12.3. The summed E-state index contributed by atoms with van der Waals surface area (Å²) in [4.78, 5) is 12.3. The van der Waals surface area contributed by atoms with Crippen LogP contribution in [0.2, 0.25) is 0 Å². The summed E-state index contributed by atoms with van der Waals surface area (Å²) in [6.07, 6.45) is 2.05. The molecular weight excluding hydrogens is 228 g/mol. The van der Waals surface area contributed by atoms with E-state index in [9.17, 15) is 4.79 Å². The smallest absolute Gasteiger partial charge is 0.227 e. The van der Waals surface area contributed by atoms with Gasteiger partial charge in [0.25, 0.3) is 0 Å². The Labute approximate surface area is 111 Å². The molecule has 1 rings (SSSR count). The van der Waals surface area contributed by atoms with Gasteiger partial charge in [-0.05, 0) is 25.3 Å². The second kappa shape index (κ2) is 7.74. The van der Waals surface area contributed by atoms with E-state index in [4.69, 9.17) is 4.74 Å². The summed E-state index contributed by atoms with van der Waals surface area (Å²) in [6.45, 7) is 10.7. The highest BCUT2D eigenvalue weighted by molar-refractivity contribution is 5.80. The first-order valence-corrected chi connectivity index (χ1v) is 7.21. The first-order valence-electron chi connectivity index (χ1n) is 7.21. The summed E-state index contributed by atoms with van der Waals surface area (Å²) in [5.41, 5.74) is 0. The molecule has 0 radical (unpaired) electrons. The van der Waals surface area contributed by atoms with Gasteiger partial charge in [-0.15, -0.1) is 0 Å². The summed E-state index contributed by atoms with van der Waals surface area (Å²) in [6, 6.07) is 0.444. The first-order chi connectivity index (χ1) is 8.60. The average molecular weight is 256 g/mol. The molecule has 0 aliphatic carbocycles. The molecule has 1 aliphatic rings. The van der Waals surface area contributed by atoms with Crippen molar-refractivity contribution < 1.29 is 9.53 Å². The van der Waals surface area contributed by atoms with Gasteiger partial charge < -0.3 is 15.4 Å². The second-order valence-corrected chi connectivity index (χ2v) is 5.47. The Morgan fingerprint density at radius 1 is 1.33 bits per heavy atom. The summed E-state index contributed by atoms with van der Waals surface area (Å²) in [7, 11) is 0. The third-order valence-corrected chi connectivity index (χ3v) is 3.65. The number of hydrogen-bond acceptors (Lipinski definition) is 3. The Bertz CT molecular complexity index is 256. The minimum atomic E-state index is -0.0376. The highest BCUT2D eigenvalue weighted by atomic mass is 16.5. The SMILES string of the molecule is CCCNC1COCC1C(=O)NC(CC)C(C)C. The molecule has 2 N–H and O–H groups in total. The number of ether oxygens (including phenoxy) is 1. The zero-order valence-electron chi connectivity index (χ0n) is 12.2. The lowest BCUT2D eigenvalue weighted by molar-refractivity contribution is -0.126. The van der Waals surface area contributed by atoms with Crippen LogP contribution in [0.4, 0.5) is 0 Å². The normalized spacial score (nSPS) is 25.4. The largest absolute Gasteiger partial charge is 0.379 e. The van der Waals surface area contributed by atoms with Crippen LogP contribution in [-0.4, -0.2) is 37.7 Å². The molecule has 1 fully saturated rings. The minimum absolute atomic E-state index is 0.0376. The van der Waals surface area contributed by atoms with Crippen molar-refractivity contribution in [3.05, 3.63) is 0 Å². The van der Waals surface area contributed by atoms with Crippen LogP contribution in [0, 0.1) is 11.8 Å². The zero-order chi connectivity index (χ0) is 13.5. The summed E-state index contributed by atoms with van der Waals surface area (Å²) in [5.74, 6) is 0.578. The van der Waals surface area contributed by atoms with E-state index in [0.29, 0.717) is 19.1 Å². The zero-order valence-corrected chi connectivity index (χ0v) is 12.2. The third-order valence-electron chi connectivity index (χ3n) is 3.65. The van der Waals surface area contributed by atoms with E-state index in [1.165, 1.54) is 0 Å². The van der Waals surface area contributed by atoms with Crippen LogP contribution >= 0.6 is 0 Å². The quantitative estimate of drug-likeness (QED) is 0.726. The van der Waals surface area contributed by atoms with Crippen molar-refractivity contribution in [2.45, 2.75) is 52.6 Å². The number of carbonyl (C=O) groups is 1. The molecule has 1 amide bonds. The minimum Gasteiger partial charge on any atom is -0.379 e. The van der Waals surface area contributed by atoms with E-state index < -0.39 is 0 Å². The predicted molar refractivity (Wildman–Crippen MR) is 73.5 cm³/mol. The van der Waals surface area contributed by atoms with Gasteiger partial charge in [0, 0.05) is 12.1 Å². The molecule has 18 heavy (non-hydrogen) atoms. The molecule has 3 unspecified atom stereocenters. The lowest BCUT2D eigenvalue weighted by Crippen LogP contribution is -2.48. The molecule has 0 aromatic rings. The van der Waals surface area contributed by atoms with Gasteiger partial charge in [-0.25, -0.2) is 0 Å².